The van der Waals surface area contributed by atoms with E-state index in [1.54, 1.807) is 18.1 Å². The molecule has 0 spiro atoms. The summed E-state index contributed by atoms with van der Waals surface area (Å²) < 4.78 is 0. The molecule has 0 heterocycles. The van der Waals surface area contributed by atoms with Crippen LogP contribution in [0.2, 0.25) is 23.2 Å². The zero-order valence-corrected chi connectivity index (χ0v) is 14.4. The topological polar surface area (TPSA) is 0 Å². The van der Waals surface area contributed by atoms with E-state index in [4.69, 9.17) is 0 Å². The Balaban J connectivity index is 4.78. The fourth-order valence-electron chi connectivity index (χ4n) is 3.05. The van der Waals surface area contributed by atoms with Crippen LogP contribution in [-0.2, 0) is 0 Å². The first-order chi connectivity index (χ1) is 7.93. The van der Waals surface area contributed by atoms with E-state index in [1.807, 2.05) is 0 Å². The Bertz CT molecular complexity index is 157. The van der Waals surface area contributed by atoms with E-state index >= 15 is 0 Å². The minimum Gasteiger partial charge on any atom is -0.0654 e. The first kappa shape index (κ1) is 17.2. The number of hydrogen-bond donors (Lipinski definition) is 0. The van der Waals surface area contributed by atoms with Gasteiger partial charge in [-0.3, -0.25) is 0 Å². The molecule has 0 bridgehead atoms. The van der Waals surface area contributed by atoms with E-state index in [1.165, 1.54) is 38.5 Å². The summed E-state index contributed by atoms with van der Waals surface area (Å²) in [6.45, 7) is 14.6. The summed E-state index contributed by atoms with van der Waals surface area (Å²) >= 11 is 0. The van der Waals surface area contributed by atoms with Gasteiger partial charge in [-0.15, -0.1) is 0 Å². The van der Waals surface area contributed by atoms with E-state index in [9.17, 15) is 0 Å². The van der Waals surface area contributed by atoms with Crippen molar-refractivity contribution in [1.82, 2.24) is 0 Å². The quantitative estimate of drug-likeness (QED) is 0.406. The van der Waals surface area contributed by atoms with Crippen LogP contribution in [0.3, 0.4) is 0 Å². The summed E-state index contributed by atoms with van der Waals surface area (Å²) in [5.41, 5.74) is 0. The van der Waals surface area contributed by atoms with Crippen molar-refractivity contribution in [2.75, 3.05) is 0 Å². The van der Waals surface area contributed by atoms with E-state index < -0.39 is 8.07 Å². The number of hydrogen-bond acceptors (Lipinski definition) is 0. The number of rotatable bonds is 9. The third-order valence-electron chi connectivity index (χ3n) is 4.62. The Hall–Kier alpha value is 0.217. The van der Waals surface area contributed by atoms with Crippen LogP contribution < -0.4 is 0 Å². The fourth-order valence-corrected chi connectivity index (χ4v) is 9.14. The fraction of sp³-hybridized carbons (Fsp3) is 1.00. The molecule has 0 aromatic heterocycles. The highest BCUT2D eigenvalue weighted by molar-refractivity contribution is 6.82. The molecular weight excluding hydrogens is 220 g/mol. The zero-order chi connectivity index (χ0) is 13.4. The smallest absolute Gasteiger partial charge is 0.0589 e. The van der Waals surface area contributed by atoms with Gasteiger partial charge < -0.3 is 0 Å². The summed E-state index contributed by atoms with van der Waals surface area (Å²) in [5, 5.41) is 0.604. The molecule has 0 aliphatic rings. The Morgan fingerprint density at radius 1 is 0.647 bits per heavy atom. The van der Waals surface area contributed by atoms with E-state index in [0.29, 0.717) is 5.04 Å². The van der Waals surface area contributed by atoms with Gasteiger partial charge >= 0.3 is 0 Å². The molecule has 0 nitrogen and oxygen atoms in total. The van der Waals surface area contributed by atoms with Gasteiger partial charge in [0.25, 0.3) is 0 Å². The summed E-state index contributed by atoms with van der Waals surface area (Å²) in [4.78, 5) is 0. The average Bonchev–Trinajstić information content (AvgIpc) is 2.27. The molecule has 0 fully saturated rings. The lowest BCUT2D eigenvalue weighted by molar-refractivity contribution is 0.656. The van der Waals surface area contributed by atoms with Crippen molar-refractivity contribution in [1.29, 1.82) is 0 Å². The van der Waals surface area contributed by atoms with Crippen molar-refractivity contribution < 1.29 is 0 Å². The predicted octanol–water partition coefficient (Wildman–Crippen LogP) is 6.64. The maximum atomic E-state index is 2.53. The van der Waals surface area contributed by atoms with Gasteiger partial charge in [0.15, 0.2) is 0 Å². The van der Waals surface area contributed by atoms with Gasteiger partial charge in [-0.05, 0) is 5.04 Å². The largest absolute Gasteiger partial charge is 0.0654 e. The lowest BCUT2D eigenvalue weighted by Gasteiger charge is -2.44. The monoisotopic (exact) mass is 256 g/mol. The Kier molecular flexibility index (Phi) is 8.45. The van der Waals surface area contributed by atoms with Gasteiger partial charge in [0.1, 0.15) is 0 Å². The van der Waals surface area contributed by atoms with Crippen molar-refractivity contribution >= 4 is 8.07 Å². The van der Waals surface area contributed by atoms with E-state index in [0.717, 1.165) is 0 Å². The molecule has 17 heavy (non-hydrogen) atoms. The van der Waals surface area contributed by atoms with Gasteiger partial charge in [-0.25, -0.2) is 0 Å². The maximum Gasteiger partial charge on any atom is 0.0589 e. The molecule has 0 rings (SSSR count). The standard InChI is InChI=1S/C16H36Si/c1-7-10-13-17(14-11-8-2,15-12-9-3)16(4,5)6/h7-15H2,1-6H3. The van der Waals surface area contributed by atoms with Crippen molar-refractivity contribution in [3.05, 3.63) is 0 Å². The SMILES string of the molecule is CCCC[Si](CCCC)(CCCC)C(C)(C)C. The Morgan fingerprint density at radius 3 is 1.12 bits per heavy atom. The van der Waals surface area contributed by atoms with Gasteiger partial charge in [0.2, 0.25) is 0 Å². The molecule has 0 radical (unpaired) electrons. The minimum atomic E-state index is -1.06. The first-order valence-electron chi connectivity index (χ1n) is 7.93. The lowest BCUT2D eigenvalue weighted by Crippen LogP contribution is -2.43. The second-order valence-electron chi connectivity index (χ2n) is 6.84. The molecular formula is C16H36Si. The van der Waals surface area contributed by atoms with E-state index in [2.05, 4.69) is 41.5 Å². The van der Waals surface area contributed by atoms with Crippen LogP contribution in [0.1, 0.15) is 80.1 Å². The molecule has 0 saturated carbocycles. The first-order valence-corrected chi connectivity index (χ1v) is 10.6. The Morgan fingerprint density at radius 2 is 0.941 bits per heavy atom. The molecule has 0 aliphatic heterocycles. The molecule has 0 unspecified atom stereocenters. The predicted molar refractivity (Wildman–Crippen MR) is 84.6 cm³/mol. The third-order valence-corrected chi connectivity index (χ3v) is 11.7. The Labute approximate surface area is 112 Å². The van der Waals surface area contributed by atoms with Gasteiger partial charge in [-0.2, -0.15) is 0 Å². The van der Waals surface area contributed by atoms with Crippen molar-refractivity contribution in [3.8, 4) is 0 Å². The zero-order valence-electron chi connectivity index (χ0n) is 13.4. The molecule has 0 N–H and O–H groups in total. The molecule has 1 heteroatoms. The lowest BCUT2D eigenvalue weighted by atomic mass is 10.2. The van der Waals surface area contributed by atoms with Crippen molar-refractivity contribution in [2.24, 2.45) is 0 Å². The summed E-state index contributed by atoms with van der Waals surface area (Å²) in [6, 6.07) is 4.73. The van der Waals surface area contributed by atoms with Crippen LogP contribution in [0.25, 0.3) is 0 Å². The van der Waals surface area contributed by atoms with Crippen LogP contribution in [0.15, 0.2) is 0 Å². The van der Waals surface area contributed by atoms with Gasteiger partial charge in [0, 0.05) is 0 Å². The highest BCUT2D eigenvalue weighted by Gasteiger charge is 2.41. The normalized spacial score (nSPS) is 13.1. The van der Waals surface area contributed by atoms with Crippen LogP contribution in [0.5, 0.6) is 0 Å². The number of unbranched alkanes of at least 4 members (excludes halogenated alkanes) is 3. The molecule has 0 amide bonds. The highest BCUT2D eigenvalue weighted by atomic mass is 28.3. The average molecular weight is 257 g/mol. The summed E-state index contributed by atoms with van der Waals surface area (Å²) in [5.74, 6) is 0. The van der Waals surface area contributed by atoms with Crippen LogP contribution in [0.4, 0.5) is 0 Å². The van der Waals surface area contributed by atoms with Crippen molar-refractivity contribution in [2.45, 2.75) is 103 Å². The van der Waals surface area contributed by atoms with Crippen molar-refractivity contribution in [3.63, 3.8) is 0 Å². The third kappa shape index (κ3) is 5.59. The van der Waals surface area contributed by atoms with E-state index in [-0.39, 0.29) is 0 Å². The van der Waals surface area contributed by atoms with Crippen LogP contribution in [-0.4, -0.2) is 8.07 Å². The molecule has 0 aromatic carbocycles. The van der Waals surface area contributed by atoms with Gasteiger partial charge in [-0.1, -0.05) is 98.2 Å². The van der Waals surface area contributed by atoms with Crippen LogP contribution in [0, 0.1) is 0 Å². The molecule has 0 saturated heterocycles. The molecule has 0 aliphatic carbocycles. The summed E-state index contributed by atoms with van der Waals surface area (Å²) in [7, 11) is -1.06. The maximum absolute atomic E-state index is 2.53. The second kappa shape index (κ2) is 8.34. The molecule has 0 aromatic rings. The summed E-state index contributed by atoms with van der Waals surface area (Å²) in [6.07, 6.45) is 8.54. The molecule has 0 atom stereocenters. The van der Waals surface area contributed by atoms with Gasteiger partial charge in [0.05, 0.1) is 8.07 Å². The minimum absolute atomic E-state index is 0.604. The van der Waals surface area contributed by atoms with Crippen LogP contribution >= 0.6 is 0 Å². The molecule has 104 valence electrons. The second-order valence-corrected chi connectivity index (χ2v) is 12.4. The highest BCUT2D eigenvalue weighted by Crippen LogP contribution is 2.47.